The van der Waals surface area contributed by atoms with Gasteiger partial charge in [-0.15, -0.1) is 0 Å². The summed E-state index contributed by atoms with van der Waals surface area (Å²) in [5, 5.41) is 5.53. The van der Waals surface area contributed by atoms with E-state index in [2.05, 4.69) is 44.8 Å². The van der Waals surface area contributed by atoms with Crippen molar-refractivity contribution in [2.75, 3.05) is 18.4 Å². The van der Waals surface area contributed by atoms with Crippen LogP contribution in [0.5, 0.6) is 0 Å². The van der Waals surface area contributed by atoms with Crippen LogP contribution in [-0.4, -0.2) is 34.8 Å². The number of nitrogens with one attached hydrogen (secondary N) is 2. The molecule has 2 heterocycles. The smallest absolute Gasteiger partial charge is 0.313 e. The molecule has 1 atom stereocenters. The SMILES string of the molecule is Cc1cc(C)cc(NC(=O)C(=O)NC[C@@H](c2cccnc2)N2CCc3ccccc3C2)c1. The van der Waals surface area contributed by atoms with Crippen molar-refractivity contribution in [3.63, 3.8) is 0 Å². The van der Waals surface area contributed by atoms with Gasteiger partial charge in [0, 0.05) is 37.7 Å². The summed E-state index contributed by atoms with van der Waals surface area (Å²) in [6.45, 7) is 5.91. The number of fused-ring (bicyclic) bond motifs is 1. The fourth-order valence-corrected chi connectivity index (χ4v) is 4.32. The van der Waals surface area contributed by atoms with Crippen LogP contribution in [0.25, 0.3) is 0 Å². The van der Waals surface area contributed by atoms with Crippen molar-refractivity contribution in [2.24, 2.45) is 0 Å². The van der Waals surface area contributed by atoms with E-state index in [0.717, 1.165) is 36.2 Å². The topological polar surface area (TPSA) is 74.3 Å². The Labute approximate surface area is 188 Å². The number of aromatic nitrogens is 1. The summed E-state index contributed by atoms with van der Waals surface area (Å²) in [7, 11) is 0. The average molecular weight is 429 g/mol. The van der Waals surface area contributed by atoms with Crippen LogP contribution in [0.2, 0.25) is 0 Å². The third kappa shape index (κ3) is 5.21. The van der Waals surface area contributed by atoms with Crippen molar-refractivity contribution in [2.45, 2.75) is 32.9 Å². The van der Waals surface area contributed by atoms with Crippen LogP contribution in [0.4, 0.5) is 5.69 Å². The van der Waals surface area contributed by atoms with Gasteiger partial charge in [0.15, 0.2) is 0 Å². The maximum atomic E-state index is 12.6. The molecule has 0 saturated heterocycles. The monoisotopic (exact) mass is 428 g/mol. The summed E-state index contributed by atoms with van der Waals surface area (Å²) in [6, 6.07) is 18.0. The highest BCUT2D eigenvalue weighted by molar-refractivity contribution is 6.39. The van der Waals surface area contributed by atoms with Gasteiger partial charge in [0.1, 0.15) is 0 Å². The normalized spacial score (nSPS) is 14.3. The molecule has 0 spiro atoms. The predicted octanol–water partition coefficient (Wildman–Crippen LogP) is 3.55. The van der Waals surface area contributed by atoms with Gasteiger partial charge < -0.3 is 10.6 Å². The molecule has 0 bridgehead atoms. The lowest BCUT2D eigenvalue weighted by atomic mass is 9.97. The number of carbonyl (C=O) groups is 2. The highest BCUT2D eigenvalue weighted by Gasteiger charge is 2.26. The van der Waals surface area contributed by atoms with E-state index in [4.69, 9.17) is 0 Å². The number of hydrogen-bond donors (Lipinski definition) is 2. The highest BCUT2D eigenvalue weighted by Crippen LogP contribution is 2.27. The number of pyridine rings is 1. The first kappa shape index (κ1) is 21.7. The van der Waals surface area contributed by atoms with Gasteiger partial charge in [0.05, 0.1) is 6.04 Å². The van der Waals surface area contributed by atoms with Gasteiger partial charge in [0.25, 0.3) is 0 Å². The van der Waals surface area contributed by atoms with Gasteiger partial charge in [0.2, 0.25) is 0 Å². The molecule has 164 valence electrons. The molecule has 4 rings (SSSR count). The van der Waals surface area contributed by atoms with E-state index in [0.29, 0.717) is 12.2 Å². The van der Waals surface area contributed by atoms with Crippen molar-refractivity contribution in [3.8, 4) is 0 Å². The second-order valence-corrected chi connectivity index (χ2v) is 8.33. The van der Waals surface area contributed by atoms with E-state index in [1.54, 1.807) is 6.20 Å². The molecule has 2 N–H and O–H groups in total. The van der Waals surface area contributed by atoms with Crippen molar-refractivity contribution in [1.29, 1.82) is 0 Å². The third-order valence-corrected chi connectivity index (χ3v) is 5.81. The second-order valence-electron chi connectivity index (χ2n) is 8.33. The number of rotatable bonds is 5. The zero-order valence-corrected chi connectivity index (χ0v) is 18.5. The van der Waals surface area contributed by atoms with Gasteiger partial charge in [-0.25, -0.2) is 0 Å². The van der Waals surface area contributed by atoms with Crippen molar-refractivity contribution >= 4 is 17.5 Å². The van der Waals surface area contributed by atoms with E-state index in [-0.39, 0.29) is 6.04 Å². The number of anilines is 1. The first-order chi connectivity index (χ1) is 15.5. The Morgan fingerprint density at radius 2 is 1.75 bits per heavy atom. The maximum absolute atomic E-state index is 12.6. The van der Waals surface area contributed by atoms with E-state index in [9.17, 15) is 9.59 Å². The lowest BCUT2D eigenvalue weighted by molar-refractivity contribution is -0.136. The van der Waals surface area contributed by atoms with Crippen molar-refractivity contribution in [3.05, 3.63) is 94.8 Å². The van der Waals surface area contributed by atoms with Gasteiger partial charge in [-0.05, 0) is 66.3 Å². The van der Waals surface area contributed by atoms with Gasteiger partial charge in [-0.1, -0.05) is 36.4 Å². The van der Waals surface area contributed by atoms with Crippen LogP contribution in [0.15, 0.2) is 67.0 Å². The zero-order chi connectivity index (χ0) is 22.5. The molecular weight excluding hydrogens is 400 g/mol. The predicted molar refractivity (Wildman–Crippen MR) is 125 cm³/mol. The molecule has 2 amide bonds. The number of nitrogens with zero attached hydrogens (tertiary/aromatic N) is 2. The van der Waals surface area contributed by atoms with Crippen LogP contribution >= 0.6 is 0 Å². The Balaban J connectivity index is 1.45. The van der Waals surface area contributed by atoms with Crippen LogP contribution in [-0.2, 0) is 22.6 Å². The standard InChI is InChI=1S/C26H28N4O2/c1-18-12-19(2)14-23(13-18)29-26(32)25(31)28-16-24(21-8-5-10-27-15-21)30-11-9-20-6-3-4-7-22(20)17-30/h3-8,10,12-15,24H,9,11,16-17H2,1-2H3,(H,28,31)(H,29,32)/t24-/m0/s1. The molecule has 0 saturated carbocycles. The molecule has 32 heavy (non-hydrogen) atoms. The van der Waals surface area contributed by atoms with E-state index in [1.165, 1.54) is 11.1 Å². The molecule has 1 aliphatic rings. The van der Waals surface area contributed by atoms with Crippen molar-refractivity contribution < 1.29 is 9.59 Å². The Bertz CT molecular complexity index is 1090. The number of amides is 2. The second kappa shape index (κ2) is 9.75. The Morgan fingerprint density at radius 3 is 2.47 bits per heavy atom. The van der Waals surface area contributed by atoms with Crippen LogP contribution < -0.4 is 10.6 Å². The first-order valence-electron chi connectivity index (χ1n) is 10.9. The van der Waals surface area contributed by atoms with Crippen LogP contribution in [0.1, 0.15) is 33.9 Å². The average Bonchev–Trinajstić information content (AvgIpc) is 2.79. The van der Waals surface area contributed by atoms with Gasteiger partial charge >= 0.3 is 11.8 Å². The molecule has 0 radical (unpaired) electrons. The molecular formula is C26H28N4O2. The Hall–Kier alpha value is -3.51. The van der Waals surface area contributed by atoms with E-state index in [1.807, 2.05) is 50.4 Å². The van der Waals surface area contributed by atoms with E-state index >= 15 is 0 Å². The van der Waals surface area contributed by atoms with Crippen LogP contribution in [0, 0.1) is 13.8 Å². The lowest BCUT2D eigenvalue weighted by Crippen LogP contribution is -2.43. The molecule has 0 fully saturated rings. The molecule has 1 aromatic heterocycles. The first-order valence-corrected chi connectivity index (χ1v) is 10.9. The van der Waals surface area contributed by atoms with Gasteiger partial charge in [-0.2, -0.15) is 0 Å². The summed E-state index contributed by atoms with van der Waals surface area (Å²) in [4.78, 5) is 31.6. The maximum Gasteiger partial charge on any atom is 0.313 e. The summed E-state index contributed by atoms with van der Waals surface area (Å²) in [5.41, 5.74) is 6.36. The molecule has 3 aromatic rings. The molecule has 0 unspecified atom stereocenters. The molecule has 6 heteroatoms. The minimum Gasteiger partial charge on any atom is -0.346 e. The molecule has 6 nitrogen and oxygen atoms in total. The number of hydrogen-bond acceptors (Lipinski definition) is 4. The largest absolute Gasteiger partial charge is 0.346 e. The number of carbonyl (C=O) groups excluding carboxylic acids is 2. The molecule has 1 aliphatic heterocycles. The highest BCUT2D eigenvalue weighted by atomic mass is 16.2. The summed E-state index contributed by atoms with van der Waals surface area (Å²) in [5.74, 6) is -1.31. The zero-order valence-electron chi connectivity index (χ0n) is 18.5. The summed E-state index contributed by atoms with van der Waals surface area (Å²) < 4.78 is 0. The fraction of sp³-hybridized carbons (Fsp3) is 0.269. The fourth-order valence-electron chi connectivity index (χ4n) is 4.32. The van der Waals surface area contributed by atoms with Crippen molar-refractivity contribution in [1.82, 2.24) is 15.2 Å². The molecule has 0 aliphatic carbocycles. The van der Waals surface area contributed by atoms with E-state index < -0.39 is 11.8 Å². The minimum atomic E-state index is -0.663. The Morgan fingerprint density at radius 1 is 1.00 bits per heavy atom. The minimum absolute atomic E-state index is 0.0741. The van der Waals surface area contributed by atoms with Crippen LogP contribution in [0.3, 0.4) is 0 Å². The quantitative estimate of drug-likeness (QED) is 0.610. The summed E-state index contributed by atoms with van der Waals surface area (Å²) >= 11 is 0. The summed E-state index contributed by atoms with van der Waals surface area (Å²) in [6.07, 6.45) is 4.52. The Kier molecular flexibility index (Phi) is 6.61. The number of benzene rings is 2. The third-order valence-electron chi connectivity index (χ3n) is 5.81. The lowest BCUT2D eigenvalue weighted by Gasteiger charge is -2.35. The molecule has 2 aromatic carbocycles. The number of aryl methyl sites for hydroxylation is 2. The van der Waals surface area contributed by atoms with Gasteiger partial charge in [-0.3, -0.25) is 19.5 Å².